The van der Waals surface area contributed by atoms with Crippen LogP contribution in [0.15, 0.2) is 60.7 Å². The van der Waals surface area contributed by atoms with Crippen molar-refractivity contribution in [2.45, 2.75) is 57.1 Å². The molecule has 2 aromatic rings. The molecule has 1 saturated heterocycles. The molecule has 1 fully saturated rings. The van der Waals surface area contributed by atoms with Crippen molar-refractivity contribution in [2.24, 2.45) is 0 Å². The fourth-order valence-corrected chi connectivity index (χ4v) is 4.03. The van der Waals surface area contributed by atoms with Crippen molar-refractivity contribution in [1.82, 2.24) is 4.90 Å². The minimum Gasteiger partial charge on any atom is -0.481 e. The van der Waals surface area contributed by atoms with Crippen LogP contribution in [0.1, 0.15) is 56.6 Å². The van der Waals surface area contributed by atoms with Crippen molar-refractivity contribution in [1.29, 1.82) is 0 Å². The Hall–Kier alpha value is -2.83. The van der Waals surface area contributed by atoms with Gasteiger partial charge in [0.25, 0.3) is 0 Å². The molecule has 1 aliphatic heterocycles. The third kappa shape index (κ3) is 7.91. The number of carboxylic acids is 1. The average Bonchev–Trinajstić information content (AvgIpc) is 3.15. The Balaban J connectivity index is 1.53. The third-order valence-electron chi connectivity index (χ3n) is 5.68. The molecule has 2 aromatic carbocycles. The quantitative estimate of drug-likeness (QED) is 0.304. The average molecular weight is 472 g/mol. The van der Waals surface area contributed by atoms with Gasteiger partial charge in [-0.1, -0.05) is 48.7 Å². The summed E-state index contributed by atoms with van der Waals surface area (Å²) < 4.78 is 5.84. The van der Waals surface area contributed by atoms with E-state index in [4.69, 9.17) is 21.4 Å². The van der Waals surface area contributed by atoms with Gasteiger partial charge in [-0.2, -0.15) is 0 Å². The van der Waals surface area contributed by atoms with Crippen molar-refractivity contribution in [3.05, 3.63) is 71.3 Å². The first-order chi connectivity index (χ1) is 15.9. The summed E-state index contributed by atoms with van der Waals surface area (Å²) in [5.74, 6) is 0.631. The van der Waals surface area contributed by atoms with E-state index in [0.29, 0.717) is 41.5 Å². The number of likely N-dealkylation sites (tertiary alicyclic amines) is 1. The zero-order valence-electron chi connectivity index (χ0n) is 18.5. The lowest BCUT2D eigenvalue weighted by Crippen LogP contribution is -2.32. The highest BCUT2D eigenvalue weighted by Gasteiger charge is 2.28. The summed E-state index contributed by atoms with van der Waals surface area (Å²) in [6.07, 6.45) is 7.53. The number of aliphatic carboxylic acids is 1. The number of hydrogen-bond donors (Lipinski definition) is 2. The van der Waals surface area contributed by atoms with Crippen molar-refractivity contribution in [3.63, 3.8) is 0 Å². The molecule has 0 bridgehead atoms. The molecule has 2 atom stereocenters. The minimum atomic E-state index is -0.813. The van der Waals surface area contributed by atoms with Crippen LogP contribution in [0.2, 0.25) is 5.02 Å². The molecule has 0 spiro atoms. The summed E-state index contributed by atoms with van der Waals surface area (Å²) in [5, 5.41) is 20.0. The third-order valence-corrected chi connectivity index (χ3v) is 5.93. The number of benzene rings is 2. The molecule has 1 unspecified atom stereocenters. The molecule has 6 nitrogen and oxygen atoms in total. The molecule has 33 heavy (non-hydrogen) atoms. The molecule has 0 radical (unpaired) electrons. The van der Waals surface area contributed by atoms with Gasteiger partial charge in [-0.25, -0.2) is 0 Å². The Morgan fingerprint density at radius 2 is 1.88 bits per heavy atom. The monoisotopic (exact) mass is 471 g/mol. The Bertz CT molecular complexity index is 959. The van der Waals surface area contributed by atoms with E-state index in [1.807, 2.05) is 29.2 Å². The first-order valence-electron chi connectivity index (χ1n) is 11.3. The molecular formula is C26H30ClNO5. The van der Waals surface area contributed by atoms with E-state index in [2.05, 4.69) is 0 Å². The van der Waals surface area contributed by atoms with Crippen LogP contribution >= 0.6 is 11.6 Å². The van der Waals surface area contributed by atoms with Gasteiger partial charge in [0.1, 0.15) is 11.5 Å². The largest absolute Gasteiger partial charge is 0.481 e. The van der Waals surface area contributed by atoms with Crippen LogP contribution < -0.4 is 4.74 Å². The maximum absolute atomic E-state index is 12.3. The molecule has 7 heteroatoms. The minimum absolute atomic E-state index is 0.0281. The summed E-state index contributed by atoms with van der Waals surface area (Å²) in [4.78, 5) is 24.7. The first-order valence-corrected chi connectivity index (χ1v) is 11.7. The Labute approximate surface area is 199 Å². The zero-order valence-corrected chi connectivity index (χ0v) is 19.3. The van der Waals surface area contributed by atoms with Crippen molar-refractivity contribution in [3.8, 4) is 11.5 Å². The fraction of sp³-hybridized carbons (Fsp3) is 0.385. The van der Waals surface area contributed by atoms with E-state index in [1.165, 1.54) is 0 Å². The maximum Gasteiger partial charge on any atom is 0.303 e. The summed E-state index contributed by atoms with van der Waals surface area (Å²) in [6.45, 7) is 0.654. The van der Waals surface area contributed by atoms with Crippen LogP contribution in [0.3, 0.4) is 0 Å². The smallest absolute Gasteiger partial charge is 0.303 e. The number of aliphatic hydroxyl groups is 1. The van der Waals surface area contributed by atoms with Crippen LogP contribution in [0.5, 0.6) is 11.5 Å². The standard InChI is InChI=1S/C26H30ClNO5/c27-20-9-13-22(14-10-20)33-23-7-5-6-19(18-23)24(29)15-11-21-12-16-25(30)28(21)17-4-2-1-3-8-26(31)32/h5-7,9-11,13-15,18,21,24,29H,1-4,8,12,16-17H2,(H,31,32)/b15-11+/t21-,24?/m0/s1. The SMILES string of the molecule is O=C(O)CCCCCCN1C(=O)CC[C@@H]1/C=C/C(O)c1cccc(Oc2ccc(Cl)cc2)c1. The van der Waals surface area contributed by atoms with Crippen LogP contribution in [0.25, 0.3) is 0 Å². The predicted molar refractivity (Wildman–Crippen MR) is 128 cm³/mol. The lowest BCUT2D eigenvalue weighted by Gasteiger charge is -2.22. The Morgan fingerprint density at radius 1 is 1.12 bits per heavy atom. The second-order valence-electron chi connectivity index (χ2n) is 8.21. The predicted octanol–water partition coefficient (Wildman–Crippen LogP) is 5.75. The Kier molecular flexibility index (Phi) is 9.34. The van der Waals surface area contributed by atoms with Crippen LogP contribution in [0.4, 0.5) is 0 Å². The molecule has 3 rings (SSSR count). The summed E-state index contributed by atoms with van der Waals surface area (Å²) in [5.41, 5.74) is 0.701. The molecular weight excluding hydrogens is 442 g/mol. The number of ether oxygens (including phenoxy) is 1. The van der Waals surface area contributed by atoms with Gasteiger partial charge in [0, 0.05) is 24.4 Å². The molecule has 1 aliphatic rings. The topological polar surface area (TPSA) is 87.1 Å². The van der Waals surface area contributed by atoms with Gasteiger partial charge in [0.2, 0.25) is 5.91 Å². The highest BCUT2D eigenvalue weighted by molar-refractivity contribution is 6.30. The second-order valence-corrected chi connectivity index (χ2v) is 8.65. The number of aliphatic hydroxyl groups excluding tert-OH is 1. The number of amides is 1. The summed E-state index contributed by atoms with van der Waals surface area (Å²) >= 11 is 5.91. The molecule has 0 saturated carbocycles. The van der Waals surface area contributed by atoms with Gasteiger partial charge in [-0.15, -0.1) is 0 Å². The fourth-order valence-electron chi connectivity index (χ4n) is 3.90. The molecule has 0 aliphatic carbocycles. The first kappa shape index (κ1) is 24.8. The van der Waals surface area contributed by atoms with E-state index >= 15 is 0 Å². The lowest BCUT2D eigenvalue weighted by molar-refractivity contribution is -0.137. The van der Waals surface area contributed by atoms with Crippen LogP contribution in [-0.4, -0.2) is 39.6 Å². The number of rotatable bonds is 12. The van der Waals surface area contributed by atoms with Crippen molar-refractivity contribution >= 4 is 23.5 Å². The number of hydrogen-bond acceptors (Lipinski definition) is 4. The second kappa shape index (κ2) is 12.4. The molecule has 1 heterocycles. The zero-order chi connectivity index (χ0) is 23.6. The number of unbranched alkanes of at least 4 members (excludes halogenated alkanes) is 3. The van der Waals surface area contributed by atoms with E-state index in [1.54, 1.807) is 36.4 Å². The van der Waals surface area contributed by atoms with Gasteiger partial charge < -0.3 is 19.8 Å². The number of halogens is 1. The number of carbonyl (C=O) groups excluding carboxylic acids is 1. The van der Waals surface area contributed by atoms with Crippen molar-refractivity contribution in [2.75, 3.05) is 6.54 Å². The maximum atomic E-state index is 12.3. The van der Waals surface area contributed by atoms with Crippen molar-refractivity contribution < 1.29 is 24.5 Å². The Morgan fingerprint density at radius 3 is 2.64 bits per heavy atom. The molecule has 1 amide bonds. The lowest BCUT2D eigenvalue weighted by atomic mass is 10.1. The van der Waals surface area contributed by atoms with Crippen LogP contribution in [-0.2, 0) is 9.59 Å². The van der Waals surface area contributed by atoms with E-state index in [0.717, 1.165) is 25.7 Å². The molecule has 176 valence electrons. The highest BCUT2D eigenvalue weighted by atomic mass is 35.5. The highest BCUT2D eigenvalue weighted by Crippen LogP contribution is 2.27. The van der Waals surface area contributed by atoms with Gasteiger partial charge in [-0.3, -0.25) is 9.59 Å². The number of nitrogens with zero attached hydrogens (tertiary/aromatic N) is 1. The number of carbonyl (C=O) groups is 2. The van der Waals surface area contributed by atoms with Gasteiger partial charge in [-0.05, 0) is 61.2 Å². The van der Waals surface area contributed by atoms with Crippen LogP contribution in [0, 0.1) is 0 Å². The summed E-state index contributed by atoms with van der Waals surface area (Å²) in [6, 6.07) is 14.3. The van der Waals surface area contributed by atoms with Gasteiger partial charge in [0.05, 0.1) is 12.1 Å². The molecule has 0 aromatic heterocycles. The van der Waals surface area contributed by atoms with Gasteiger partial charge >= 0.3 is 5.97 Å². The van der Waals surface area contributed by atoms with E-state index in [9.17, 15) is 14.7 Å². The van der Waals surface area contributed by atoms with E-state index in [-0.39, 0.29) is 18.4 Å². The van der Waals surface area contributed by atoms with E-state index < -0.39 is 12.1 Å². The number of carboxylic acid groups (broad SMARTS) is 1. The normalized spacial score (nSPS) is 17.0. The summed E-state index contributed by atoms with van der Waals surface area (Å²) in [7, 11) is 0. The van der Waals surface area contributed by atoms with Gasteiger partial charge in [0.15, 0.2) is 0 Å². The molecule has 2 N–H and O–H groups in total.